The fourth-order valence-electron chi connectivity index (χ4n) is 2.84. The first-order valence-corrected chi connectivity index (χ1v) is 11.0. The van der Waals surface area contributed by atoms with E-state index in [0.717, 1.165) is 40.9 Å². The van der Waals surface area contributed by atoms with Gasteiger partial charge in [0.15, 0.2) is 0 Å². The third-order valence-corrected chi connectivity index (χ3v) is 4.90. The highest BCUT2D eigenvalue weighted by atomic mass is 32.2. The molecule has 0 atom stereocenters. The van der Waals surface area contributed by atoms with Gasteiger partial charge < -0.3 is 4.74 Å². The summed E-state index contributed by atoms with van der Waals surface area (Å²) in [5, 5.41) is 4.47. The number of amides is 1. The van der Waals surface area contributed by atoms with Gasteiger partial charge in [-0.25, -0.2) is 13.1 Å². The van der Waals surface area contributed by atoms with Crippen molar-refractivity contribution < 1.29 is 17.9 Å². The fraction of sp³-hybridized carbons (Fsp3) is 0.238. The highest BCUT2D eigenvalue weighted by Crippen LogP contribution is 2.23. The average Bonchev–Trinajstić information content (AvgIpc) is 3.07. The number of aromatic nitrogens is 2. The lowest BCUT2D eigenvalue weighted by Gasteiger charge is -2.08. The summed E-state index contributed by atoms with van der Waals surface area (Å²) in [6, 6.07) is 16.5. The minimum atomic E-state index is -3.58. The molecule has 1 amide bonds. The zero-order valence-electron chi connectivity index (χ0n) is 16.5. The standard InChI is InChI=1S/C21H23N3O4S/c1-4-18-13-20(24(2)22-18)16-9-11-19(12-10-16)28-14-15-5-7-17(8-6-15)21(25)23-29(3,26)27/h5-13H,4,14H2,1-3H3,(H,23,25). The molecule has 2 aromatic carbocycles. The lowest BCUT2D eigenvalue weighted by atomic mass is 10.1. The number of aryl methyl sites for hydroxylation is 2. The number of nitrogens with zero attached hydrogens (tertiary/aromatic N) is 2. The van der Waals surface area contributed by atoms with Crippen LogP contribution < -0.4 is 9.46 Å². The molecule has 0 fully saturated rings. The third kappa shape index (κ3) is 5.45. The van der Waals surface area contributed by atoms with Crippen LogP contribution in [0.2, 0.25) is 0 Å². The van der Waals surface area contributed by atoms with Gasteiger partial charge in [0.25, 0.3) is 5.91 Å². The maximum atomic E-state index is 11.8. The molecule has 3 rings (SSSR count). The van der Waals surface area contributed by atoms with Crippen molar-refractivity contribution in [3.05, 3.63) is 71.4 Å². The first kappa shape index (κ1) is 20.6. The van der Waals surface area contributed by atoms with Gasteiger partial charge in [-0.3, -0.25) is 9.48 Å². The van der Waals surface area contributed by atoms with Crippen molar-refractivity contribution in [1.82, 2.24) is 14.5 Å². The van der Waals surface area contributed by atoms with E-state index in [1.807, 2.05) is 40.7 Å². The number of hydrogen-bond acceptors (Lipinski definition) is 5. The third-order valence-electron chi connectivity index (χ3n) is 4.34. The van der Waals surface area contributed by atoms with Gasteiger partial charge in [0.1, 0.15) is 12.4 Å². The molecule has 7 nitrogen and oxygen atoms in total. The predicted octanol–water partition coefficient (Wildman–Crippen LogP) is 2.92. The molecule has 1 aromatic heterocycles. The Bertz CT molecular complexity index is 1100. The van der Waals surface area contributed by atoms with E-state index in [1.165, 1.54) is 0 Å². The molecule has 0 aliphatic rings. The Morgan fingerprint density at radius 3 is 2.31 bits per heavy atom. The van der Waals surface area contributed by atoms with Crippen molar-refractivity contribution in [1.29, 1.82) is 0 Å². The summed E-state index contributed by atoms with van der Waals surface area (Å²) in [7, 11) is -1.65. The second-order valence-electron chi connectivity index (χ2n) is 6.71. The van der Waals surface area contributed by atoms with Crippen LogP contribution in [0.1, 0.15) is 28.5 Å². The molecule has 0 aliphatic carbocycles. The Balaban J connectivity index is 1.61. The van der Waals surface area contributed by atoms with Crippen molar-refractivity contribution in [2.45, 2.75) is 20.0 Å². The second-order valence-corrected chi connectivity index (χ2v) is 8.46. The molecular formula is C21H23N3O4S. The van der Waals surface area contributed by atoms with E-state index in [-0.39, 0.29) is 5.56 Å². The first-order valence-electron chi connectivity index (χ1n) is 9.12. The molecule has 0 aliphatic heterocycles. The van der Waals surface area contributed by atoms with Gasteiger partial charge in [-0.1, -0.05) is 19.1 Å². The Morgan fingerprint density at radius 1 is 1.10 bits per heavy atom. The molecule has 8 heteroatoms. The Morgan fingerprint density at radius 2 is 1.76 bits per heavy atom. The van der Waals surface area contributed by atoms with Gasteiger partial charge in [-0.05, 0) is 54.4 Å². The lowest BCUT2D eigenvalue weighted by Crippen LogP contribution is -2.29. The van der Waals surface area contributed by atoms with Gasteiger partial charge >= 0.3 is 0 Å². The van der Waals surface area contributed by atoms with Crippen LogP contribution >= 0.6 is 0 Å². The van der Waals surface area contributed by atoms with Gasteiger partial charge in [-0.2, -0.15) is 5.10 Å². The SMILES string of the molecule is CCc1cc(-c2ccc(OCc3ccc(C(=O)NS(C)(=O)=O)cc3)cc2)n(C)n1. The monoisotopic (exact) mass is 413 g/mol. The molecule has 3 aromatic rings. The molecule has 0 unspecified atom stereocenters. The molecular weight excluding hydrogens is 390 g/mol. The van der Waals surface area contributed by atoms with E-state index < -0.39 is 15.9 Å². The zero-order valence-corrected chi connectivity index (χ0v) is 17.4. The zero-order chi connectivity index (χ0) is 21.0. The molecule has 0 radical (unpaired) electrons. The van der Waals surface area contributed by atoms with Crippen LogP contribution in [0.4, 0.5) is 0 Å². The Kier molecular flexibility index (Phi) is 6.03. The molecule has 0 saturated heterocycles. The molecule has 0 saturated carbocycles. The average molecular weight is 413 g/mol. The normalized spacial score (nSPS) is 11.3. The smallest absolute Gasteiger partial charge is 0.264 e. The highest BCUT2D eigenvalue weighted by molar-refractivity contribution is 7.89. The predicted molar refractivity (Wildman–Crippen MR) is 111 cm³/mol. The van der Waals surface area contributed by atoms with Crippen LogP contribution in [0.25, 0.3) is 11.3 Å². The number of hydrogen-bond donors (Lipinski definition) is 1. The van der Waals surface area contributed by atoms with Crippen molar-refractivity contribution in [2.24, 2.45) is 7.05 Å². The summed E-state index contributed by atoms with van der Waals surface area (Å²) in [4.78, 5) is 11.8. The number of carbonyl (C=O) groups excluding carboxylic acids is 1. The minimum Gasteiger partial charge on any atom is -0.489 e. The van der Waals surface area contributed by atoms with E-state index >= 15 is 0 Å². The van der Waals surface area contributed by atoms with Crippen molar-refractivity contribution in [3.8, 4) is 17.0 Å². The van der Waals surface area contributed by atoms with E-state index in [1.54, 1.807) is 24.3 Å². The Labute approximate surface area is 170 Å². The van der Waals surface area contributed by atoms with Gasteiger partial charge in [0, 0.05) is 18.2 Å². The maximum absolute atomic E-state index is 11.8. The van der Waals surface area contributed by atoms with Crippen LogP contribution in [0.5, 0.6) is 5.75 Å². The highest BCUT2D eigenvalue weighted by Gasteiger charge is 2.11. The number of rotatable bonds is 7. The van der Waals surface area contributed by atoms with Gasteiger partial charge in [0.2, 0.25) is 10.0 Å². The van der Waals surface area contributed by atoms with E-state index in [9.17, 15) is 13.2 Å². The number of carbonyl (C=O) groups is 1. The second kappa shape index (κ2) is 8.48. The van der Waals surface area contributed by atoms with Crippen molar-refractivity contribution >= 4 is 15.9 Å². The number of benzene rings is 2. The first-order chi connectivity index (χ1) is 13.7. The minimum absolute atomic E-state index is 0.270. The van der Waals surface area contributed by atoms with Crippen molar-refractivity contribution in [3.63, 3.8) is 0 Å². The summed E-state index contributed by atoms with van der Waals surface area (Å²) < 4.78 is 31.9. The lowest BCUT2D eigenvalue weighted by molar-refractivity contribution is 0.0981. The summed E-state index contributed by atoms with van der Waals surface area (Å²) in [6.07, 6.45) is 1.83. The fourth-order valence-corrected chi connectivity index (χ4v) is 3.29. The topological polar surface area (TPSA) is 90.3 Å². The van der Waals surface area contributed by atoms with Crippen LogP contribution in [-0.4, -0.2) is 30.4 Å². The quantitative estimate of drug-likeness (QED) is 0.643. The van der Waals surface area contributed by atoms with Gasteiger partial charge in [0.05, 0.1) is 17.6 Å². The summed E-state index contributed by atoms with van der Waals surface area (Å²) in [6.45, 7) is 2.41. The van der Waals surface area contributed by atoms with E-state index in [2.05, 4.69) is 18.1 Å². The molecule has 29 heavy (non-hydrogen) atoms. The largest absolute Gasteiger partial charge is 0.489 e. The maximum Gasteiger partial charge on any atom is 0.264 e. The molecule has 152 valence electrons. The summed E-state index contributed by atoms with van der Waals surface area (Å²) in [5.74, 6) is 0.0717. The Hall–Kier alpha value is -3.13. The van der Waals surface area contributed by atoms with E-state index in [4.69, 9.17) is 4.74 Å². The molecule has 0 spiro atoms. The van der Waals surface area contributed by atoms with E-state index in [0.29, 0.717) is 6.61 Å². The molecule has 1 heterocycles. The van der Waals surface area contributed by atoms with Crippen LogP contribution in [0, 0.1) is 0 Å². The van der Waals surface area contributed by atoms with Gasteiger partial charge in [-0.15, -0.1) is 0 Å². The number of ether oxygens (including phenoxy) is 1. The molecule has 1 N–H and O–H groups in total. The summed E-state index contributed by atoms with van der Waals surface area (Å²) >= 11 is 0. The summed E-state index contributed by atoms with van der Waals surface area (Å²) in [5.41, 5.74) is 4.30. The number of sulfonamides is 1. The van der Waals surface area contributed by atoms with Crippen LogP contribution in [0.15, 0.2) is 54.6 Å². The molecule has 0 bridgehead atoms. The number of nitrogens with one attached hydrogen (secondary N) is 1. The van der Waals surface area contributed by atoms with Crippen molar-refractivity contribution in [2.75, 3.05) is 6.26 Å². The van der Waals surface area contributed by atoms with Crippen LogP contribution in [-0.2, 0) is 30.1 Å². The van der Waals surface area contributed by atoms with Crippen LogP contribution in [0.3, 0.4) is 0 Å².